The van der Waals surface area contributed by atoms with Crippen molar-refractivity contribution in [2.24, 2.45) is 0 Å². The van der Waals surface area contributed by atoms with Crippen LogP contribution in [0.5, 0.6) is 0 Å². The highest BCUT2D eigenvalue weighted by Crippen LogP contribution is 2.17. The lowest BCUT2D eigenvalue weighted by Crippen LogP contribution is -2.06. The standard InChI is InChI=1S/C12H13FN2S/c13-11-7-10(14)1-2-12(11)15-5-3-9-4-6-16-8-9/h1-2,4,6-8,15H,3,5,14H2. The van der Waals surface area contributed by atoms with Crippen LogP contribution in [-0.4, -0.2) is 6.54 Å². The van der Waals surface area contributed by atoms with Crippen LogP contribution in [0.1, 0.15) is 5.56 Å². The second-order valence-corrected chi connectivity index (χ2v) is 4.33. The summed E-state index contributed by atoms with van der Waals surface area (Å²) in [5, 5.41) is 7.19. The Kier molecular flexibility index (Phi) is 3.41. The Morgan fingerprint density at radius 1 is 1.31 bits per heavy atom. The Bertz CT molecular complexity index is 454. The highest BCUT2D eigenvalue weighted by atomic mass is 32.1. The normalized spacial score (nSPS) is 10.3. The van der Waals surface area contributed by atoms with E-state index in [2.05, 4.69) is 16.8 Å². The van der Waals surface area contributed by atoms with E-state index in [1.54, 1.807) is 23.5 Å². The molecule has 0 spiro atoms. The third-order valence-electron chi connectivity index (χ3n) is 2.30. The smallest absolute Gasteiger partial charge is 0.148 e. The fourth-order valence-electron chi connectivity index (χ4n) is 1.45. The number of benzene rings is 1. The summed E-state index contributed by atoms with van der Waals surface area (Å²) in [5.41, 5.74) is 7.69. The molecule has 0 saturated carbocycles. The number of hydrogen-bond donors (Lipinski definition) is 2. The minimum absolute atomic E-state index is 0.301. The van der Waals surface area contributed by atoms with Gasteiger partial charge in [0, 0.05) is 12.2 Å². The molecule has 0 fully saturated rings. The van der Waals surface area contributed by atoms with Gasteiger partial charge in [-0.15, -0.1) is 0 Å². The fraction of sp³-hybridized carbons (Fsp3) is 0.167. The van der Waals surface area contributed by atoms with Gasteiger partial charge in [-0.1, -0.05) is 0 Å². The van der Waals surface area contributed by atoms with Gasteiger partial charge in [-0.3, -0.25) is 0 Å². The molecule has 16 heavy (non-hydrogen) atoms. The van der Waals surface area contributed by atoms with Crippen molar-refractivity contribution >= 4 is 22.7 Å². The zero-order valence-electron chi connectivity index (χ0n) is 8.74. The monoisotopic (exact) mass is 236 g/mol. The highest BCUT2D eigenvalue weighted by molar-refractivity contribution is 7.07. The number of nitrogens with one attached hydrogen (secondary N) is 1. The third-order valence-corrected chi connectivity index (χ3v) is 3.03. The van der Waals surface area contributed by atoms with Gasteiger partial charge in [0.25, 0.3) is 0 Å². The van der Waals surface area contributed by atoms with Gasteiger partial charge in [-0.05, 0) is 47.0 Å². The predicted octanol–water partition coefficient (Wildman–Crippen LogP) is 3.12. The number of nitrogen functional groups attached to an aromatic ring is 1. The molecular weight excluding hydrogens is 223 g/mol. The van der Waals surface area contributed by atoms with Crippen LogP contribution in [0.2, 0.25) is 0 Å². The predicted molar refractivity (Wildman–Crippen MR) is 67.3 cm³/mol. The number of anilines is 2. The molecule has 1 heterocycles. The molecule has 0 unspecified atom stereocenters. The van der Waals surface area contributed by atoms with Crippen molar-refractivity contribution in [3.05, 3.63) is 46.4 Å². The van der Waals surface area contributed by atoms with Crippen molar-refractivity contribution in [1.29, 1.82) is 0 Å². The van der Waals surface area contributed by atoms with Crippen molar-refractivity contribution in [3.63, 3.8) is 0 Å². The first-order chi connectivity index (χ1) is 7.75. The van der Waals surface area contributed by atoms with Crippen LogP contribution in [0.3, 0.4) is 0 Å². The quantitative estimate of drug-likeness (QED) is 0.800. The SMILES string of the molecule is Nc1ccc(NCCc2ccsc2)c(F)c1. The third kappa shape index (κ3) is 2.73. The molecule has 0 amide bonds. The minimum Gasteiger partial charge on any atom is -0.399 e. The van der Waals surface area contributed by atoms with Crippen molar-refractivity contribution in [2.45, 2.75) is 6.42 Å². The van der Waals surface area contributed by atoms with Crippen LogP contribution < -0.4 is 11.1 Å². The lowest BCUT2D eigenvalue weighted by Gasteiger charge is -2.07. The zero-order chi connectivity index (χ0) is 11.4. The van der Waals surface area contributed by atoms with E-state index < -0.39 is 0 Å². The summed E-state index contributed by atoms with van der Waals surface area (Å²) in [7, 11) is 0. The molecule has 0 atom stereocenters. The average molecular weight is 236 g/mol. The number of thiophene rings is 1. The van der Waals surface area contributed by atoms with Crippen molar-refractivity contribution in [1.82, 2.24) is 0 Å². The number of hydrogen-bond acceptors (Lipinski definition) is 3. The molecule has 1 aromatic heterocycles. The van der Waals surface area contributed by atoms with Crippen molar-refractivity contribution in [2.75, 3.05) is 17.6 Å². The van der Waals surface area contributed by atoms with Crippen molar-refractivity contribution in [3.8, 4) is 0 Å². The van der Waals surface area contributed by atoms with E-state index in [1.165, 1.54) is 11.6 Å². The number of rotatable bonds is 4. The molecule has 3 N–H and O–H groups in total. The molecule has 84 valence electrons. The van der Waals surface area contributed by atoms with E-state index in [1.807, 2.05) is 5.38 Å². The number of nitrogens with two attached hydrogens (primary N) is 1. The lowest BCUT2D eigenvalue weighted by atomic mass is 10.2. The van der Waals surface area contributed by atoms with E-state index >= 15 is 0 Å². The summed E-state index contributed by atoms with van der Waals surface area (Å²) < 4.78 is 13.4. The van der Waals surface area contributed by atoms with Crippen LogP contribution in [0.4, 0.5) is 15.8 Å². The van der Waals surface area contributed by atoms with Gasteiger partial charge in [0.05, 0.1) is 5.69 Å². The average Bonchev–Trinajstić information content (AvgIpc) is 2.74. The van der Waals surface area contributed by atoms with E-state index in [-0.39, 0.29) is 5.82 Å². The first-order valence-electron chi connectivity index (χ1n) is 5.05. The Labute approximate surface area is 97.9 Å². The Morgan fingerprint density at radius 3 is 2.88 bits per heavy atom. The molecule has 2 aromatic rings. The first kappa shape index (κ1) is 11.0. The summed E-state index contributed by atoms with van der Waals surface area (Å²) in [4.78, 5) is 0. The summed E-state index contributed by atoms with van der Waals surface area (Å²) in [6, 6.07) is 6.76. The topological polar surface area (TPSA) is 38.0 Å². The largest absolute Gasteiger partial charge is 0.399 e. The number of halogens is 1. The summed E-state index contributed by atoms with van der Waals surface area (Å²) >= 11 is 1.67. The van der Waals surface area contributed by atoms with Crippen LogP contribution in [-0.2, 0) is 6.42 Å². The van der Waals surface area contributed by atoms with Gasteiger partial charge in [-0.2, -0.15) is 11.3 Å². The molecule has 4 heteroatoms. The molecule has 2 nitrogen and oxygen atoms in total. The molecule has 0 aliphatic carbocycles. The molecule has 2 rings (SSSR count). The zero-order valence-corrected chi connectivity index (χ0v) is 9.56. The van der Waals surface area contributed by atoms with Gasteiger partial charge < -0.3 is 11.1 Å². The lowest BCUT2D eigenvalue weighted by molar-refractivity contribution is 0.631. The Balaban J connectivity index is 1.90. The molecule has 1 aromatic carbocycles. The maximum absolute atomic E-state index is 13.4. The molecule has 0 bridgehead atoms. The molecule has 0 saturated heterocycles. The molecule has 0 radical (unpaired) electrons. The van der Waals surface area contributed by atoms with Crippen molar-refractivity contribution < 1.29 is 4.39 Å². The first-order valence-corrected chi connectivity index (χ1v) is 6.00. The van der Waals surface area contributed by atoms with Gasteiger partial charge in [-0.25, -0.2) is 4.39 Å². The molecular formula is C12H13FN2S. The molecule has 0 aliphatic rings. The Morgan fingerprint density at radius 2 is 2.19 bits per heavy atom. The van der Waals surface area contributed by atoms with Gasteiger partial charge >= 0.3 is 0 Å². The van der Waals surface area contributed by atoms with Gasteiger partial charge in [0.15, 0.2) is 0 Å². The molecule has 0 aliphatic heterocycles. The Hall–Kier alpha value is -1.55. The van der Waals surface area contributed by atoms with Crippen LogP contribution in [0.25, 0.3) is 0 Å². The summed E-state index contributed by atoms with van der Waals surface area (Å²) in [6.45, 7) is 0.720. The maximum Gasteiger partial charge on any atom is 0.148 e. The van der Waals surface area contributed by atoms with E-state index in [0.717, 1.165) is 13.0 Å². The van der Waals surface area contributed by atoms with Crippen LogP contribution in [0, 0.1) is 5.82 Å². The maximum atomic E-state index is 13.4. The van der Waals surface area contributed by atoms with E-state index in [9.17, 15) is 4.39 Å². The van der Waals surface area contributed by atoms with Crippen LogP contribution in [0.15, 0.2) is 35.0 Å². The summed E-state index contributed by atoms with van der Waals surface area (Å²) in [5.74, 6) is -0.301. The van der Waals surface area contributed by atoms with Gasteiger partial charge in [0.2, 0.25) is 0 Å². The fourth-order valence-corrected chi connectivity index (χ4v) is 2.15. The second-order valence-electron chi connectivity index (χ2n) is 3.55. The van der Waals surface area contributed by atoms with E-state index in [4.69, 9.17) is 5.73 Å². The van der Waals surface area contributed by atoms with Gasteiger partial charge in [0.1, 0.15) is 5.82 Å². The van der Waals surface area contributed by atoms with Crippen LogP contribution >= 0.6 is 11.3 Å². The summed E-state index contributed by atoms with van der Waals surface area (Å²) in [6.07, 6.45) is 0.896. The second kappa shape index (κ2) is 4.99. The highest BCUT2D eigenvalue weighted by Gasteiger charge is 2.01. The van der Waals surface area contributed by atoms with E-state index in [0.29, 0.717) is 11.4 Å². The minimum atomic E-state index is -0.301.